The van der Waals surface area contributed by atoms with Crippen molar-refractivity contribution in [2.24, 2.45) is 0 Å². The number of esters is 2. The van der Waals surface area contributed by atoms with Crippen molar-refractivity contribution in [3.8, 4) is 33.0 Å². The summed E-state index contributed by atoms with van der Waals surface area (Å²) in [6.07, 6.45) is 0. The third kappa shape index (κ3) is 6.73. The molecule has 0 aliphatic heterocycles. The Morgan fingerprint density at radius 2 is 1.33 bits per heavy atom. The van der Waals surface area contributed by atoms with Gasteiger partial charge in [-0.05, 0) is 71.8 Å². The van der Waals surface area contributed by atoms with Crippen LogP contribution in [0, 0.1) is 0 Å². The topological polar surface area (TPSA) is 131 Å². The van der Waals surface area contributed by atoms with Crippen LogP contribution < -0.4 is 0 Å². The van der Waals surface area contributed by atoms with Crippen molar-refractivity contribution in [3.63, 3.8) is 0 Å². The van der Waals surface area contributed by atoms with Crippen LogP contribution in [0.5, 0.6) is 0 Å². The maximum atomic E-state index is 15.2. The Morgan fingerprint density at radius 3 is 1.98 bits per heavy atom. The third-order valence-corrected chi connectivity index (χ3v) is 15.0. The van der Waals surface area contributed by atoms with Crippen molar-refractivity contribution < 1.29 is 35.9 Å². The molecule has 0 unspecified atom stereocenters. The summed E-state index contributed by atoms with van der Waals surface area (Å²) in [6.45, 7) is 0. The number of aromatic nitrogens is 2. The number of rotatable bonds is 9. The third-order valence-electron chi connectivity index (χ3n) is 9.39. The zero-order chi connectivity index (χ0) is 41.1. The standard InChI is InChI=1S/C42H27BrCl2N2O8S3/c1-54-41(48)26-13-15-32-35(18-26)47(57(50,51)31-21-28(43)20-30(45)22-31)39(25-11-7-4-8-12-25)38(32)36-23-37(40(56-36)42(49)55-2)58(52,53)46-33-16-14-29(44)17-27(33)19-34(46)24-9-5-3-6-10-24/h3-23H,1-2H3. The summed E-state index contributed by atoms with van der Waals surface area (Å²) in [7, 11) is -6.83. The highest BCUT2D eigenvalue weighted by Gasteiger charge is 2.35. The van der Waals surface area contributed by atoms with Gasteiger partial charge in [0.15, 0.2) is 0 Å². The highest BCUT2D eigenvalue weighted by molar-refractivity contribution is 9.10. The predicted molar refractivity (Wildman–Crippen MR) is 230 cm³/mol. The van der Waals surface area contributed by atoms with E-state index < -0.39 is 32.0 Å². The van der Waals surface area contributed by atoms with Gasteiger partial charge >= 0.3 is 11.9 Å². The lowest BCUT2D eigenvalue weighted by atomic mass is 10.0. The number of carbonyl (C=O) groups excluding carboxylic acids is 2. The van der Waals surface area contributed by atoms with E-state index in [1.807, 2.05) is 6.07 Å². The molecular weight excluding hydrogens is 907 g/mol. The van der Waals surface area contributed by atoms with Gasteiger partial charge in [0, 0.05) is 35.7 Å². The van der Waals surface area contributed by atoms with Crippen molar-refractivity contribution in [2.45, 2.75) is 9.79 Å². The van der Waals surface area contributed by atoms with E-state index in [2.05, 4.69) is 15.9 Å². The average molecular weight is 935 g/mol. The van der Waals surface area contributed by atoms with Crippen molar-refractivity contribution in [2.75, 3.05) is 14.2 Å². The van der Waals surface area contributed by atoms with E-state index in [4.69, 9.17) is 32.7 Å². The van der Waals surface area contributed by atoms with Crippen molar-refractivity contribution in [1.29, 1.82) is 0 Å². The van der Waals surface area contributed by atoms with E-state index in [9.17, 15) is 18.0 Å². The second-order valence-corrected chi connectivity index (χ2v) is 19.2. The van der Waals surface area contributed by atoms with Gasteiger partial charge in [0.2, 0.25) is 0 Å². The molecule has 0 atom stereocenters. The number of hydrogen-bond acceptors (Lipinski definition) is 9. The molecule has 0 aliphatic carbocycles. The number of carbonyl (C=O) groups is 2. The average Bonchev–Trinajstić information content (AvgIpc) is 3.93. The lowest BCUT2D eigenvalue weighted by molar-refractivity contribution is 0.0592. The summed E-state index contributed by atoms with van der Waals surface area (Å²) in [5.74, 6) is -1.64. The van der Waals surface area contributed by atoms with E-state index in [-0.39, 0.29) is 46.9 Å². The molecule has 10 nitrogen and oxygen atoms in total. The highest BCUT2D eigenvalue weighted by Crippen LogP contribution is 2.48. The van der Waals surface area contributed by atoms with E-state index in [1.54, 1.807) is 91.0 Å². The summed E-state index contributed by atoms with van der Waals surface area (Å²) in [6, 6.07) is 34.1. The van der Waals surface area contributed by atoms with Crippen LogP contribution in [0.4, 0.5) is 0 Å². The molecule has 8 aromatic rings. The van der Waals surface area contributed by atoms with Gasteiger partial charge in [0.25, 0.3) is 20.0 Å². The SMILES string of the molecule is COC(=O)c1ccc2c(-c3cc(S(=O)(=O)n4c(-c5ccccc5)cc5cc(Cl)ccc54)c(C(=O)OC)s3)c(-c3ccccc3)n(S(=O)(=O)c3cc(Cl)cc(Br)c3)c2c1. The quantitative estimate of drug-likeness (QED) is 0.131. The van der Waals surface area contributed by atoms with Gasteiger partial charge in [-0.2, -0.15) is 0 Å². The Morgan fingerprint density at radius 1 is 0.655 bits per heavy atom. The summed E-state index contributed by atoms with van der Waals surface area (Å²) < 4.78 is 73.2. The zero-order valence-corrected chi connectivity index (χ0v) is 35.7. The molecule has 292 valence electrons. The smallest absolute Gasteiger partial charge is 0.349 e. The van der Waals surface area contributed by atoms with E-state index >= 15 is 8.42 Å². The first-order valence-electron chi connectivity index (χ1n) is 17.1. The number of hydrogen-bond donors (Lipinski definition) is 0. The fraction of sp³-hybridized carbons (Fsp3) is 0.0476. The highest BCUT2D eigenvalue weighted by atomic mass is 79.9. The molecule has 0 amide bonds. The fourth-order valence-corrected chi connectivity index (χ4v) is 12.9. The second kappa shape index (κ2) is 15.2. The summed E-state index contributed by atoms with van der Waals surface area (Å²) >= 11 is 16.9. The van der Waals surface area contributed by atoms with Crippen LogP contribution in [0.2, 0.25) is 10.0 Å². The zero-order valence-electron chi connectivity index (χ0n) is 30.1. The van der Waals surface area contributed by atoms with Crippen LogP contribution in [0.1, 0.15) is 20.0 Å². The first kappa shape index (κ1) is 39.6. The first-order valence-corrected chi connectivity index (χ1v) is 22.4. The molecule has 8 rings (SSSR count). The lowest BCUT2D eigenvalue weighted by Crippen LogP contribution is -2.16. The Bertz CT molecular complexity index is 3180. The predicted octanol–water partition coefficient (Wildman–Crippen LogP) is 10.8. The normalized spacial score (nSPS) is 11.9. The van der Waals surface area contributed by atoms with Crippen LogP contribution in [-0.2, 0) is 29.5 Å². The van der Waals surface area contributed by atoms with Gasteiger partial charge < -0.3 is 9.47 Å². The van der Waals surface area contributed by atoms with Gasteiger partial charge in [-0.3, -0.25) is 0 Å². The molecule has 0 radical (unpaired) electrons. The maximum Gasteiger partial charge on any atom is 0.349 e. The number of halogens is 3. The van der Waals surface area contributed by atoms with Crippen LogP contribution >= 0.6 is 50.5 Å². The Hall–Kier alpha value is -5.22. The van der Waals surface area contributed by atoms with E-state index in [0.717, 1.165) is 26.4 Å². The van der Waals surface area contributed by atoms with E-state index in [0.29, 0.717) is 42.6 Å². The van der Waals surface area contributed by atoms with Crippen molar-refractivity contribution in [3.05, 3.63) is 152 Å². The van der Waals surface area contributed by atoms with E-state index in [1.165, 1.54) is 37.4 Å². The monoisotopic (exact) mass is 932 g/mol. The van der Waals surface area contributed by atoms with Gasteiger partial charge in [-0.15, -0.1) is 11.3 Å². The summed E-state index contributed by atoms with van der Waals surface area (Å²) in [5, 5.41) is 1.41. The number of benzene rings is 5. The van der Waals surface area contributed by atoms with Gasteiger partial charge in [0.1, 0.15) is 9.77 Å². The molecule has 0 saturated carbocycles. The van der Waals surface area contributed by atoms with Crippen LogP contribution in [0.15, 0.2) is 142 Å². The molecule has 0 saturated heterocycles. The molecule has 0 N–H and O–H groups in total. The number of fused-ring (bicyclic) bond motifs is 2. The summed E-state index contributed by atoms with van der Waals surface area (Å²) in [5.41, 5.74) is 2.16. The lowest BCUT2D eigenvalue weighted by Gasteiger charge is -2.14. The minimum absolute atomic E-state index is 0.0557. The van der Waals surface area contributed by atoms with Gasteiger partial charge in [-0.1, -0.05) is 106 Å². The molecule has 16 heteroatoms. The Labute approximate surface area is 355 Å². The largest absolute Gasteiger partial charge is 0.465 e. The molecule has 0 aliphatic rings. The molecule has 3 aromatic heterocycles. The molecule has 0 fully saturated rings. The molecule has 0 spiro atoms. The van der Waals surface area contributed by atoms with Gasteiger partial charge in [-0.25, -0.2) is 34.4 Å². The minimum atomic E-state index is -4.64. The first-order chi connectivity index (χ1) is 27.7. The van der Waals surface area contributed by atoms with Crippen LogP contribution in [-0.4, -0.2) is 50.9 Å². The second-order valence-electron chi connectivity index (χ2n) is 12.9. The minimum Gasteiger partial charge on any atom is -0.465 e. The number of nitrogens with zero attached hydrogens (tertiary/aromatic N) is 2. The molecular formula is C42H27BrCl2N2O8S3. The number of ether oxygens (including phenoxy) is 2. The number of methoxy groups -OCH3 is 2. The van der Waals surface area contributed by atoms with Gasteiger partial charge in [0.05, 0.1) is 47.1 Å². The summed E-state index contributed by atoms with van der Waals surface area (Å²) in [4.78, 5) is 26.0. The van der Waals surface area contributed by atoms with Crippen molar-refractivity contribution >= 4 is 104 Å². The molecule has 58 heavy (non-hydrogen) atoms. The number of thiophene rings is 1. The molecule has 0 bridgehead atoms. The maximum absolute atomic E-state index is 15.2. The van der Waals surface area contributed by atoms with Crippen LogP contribution in [0.25, 0.3) is 54.8 Å². The Kier molecular flexibility index (Phi) is 10.4. The Balaban J connectivity index is 1.49. The van der Waals surface area contributed by atoms with Crippen molar-refractivity contribution in [1.82, 2.24) is 7.94 Å². The fourth-order valence-electron chi connectivity index (χ4n) is 6.90. The molecule has 5 aromatic carbocycles. The molecule has 3 heterocycles. The van der Waals surface area contributed by atoms with Crippen LogP contribution in [0.3, 0.4) is 0 Å².